The number of nitrogens with zero attached hydrogens (tertiary/aromatic N) is 2. The van der Waals surface area contributed by atoms with E-state index in [4.69, 9.17) is 14.9 Å². The fourth-order valence-corrected chi connectivity index (χ4v) is 3.55. The summed E-state index contributed by atoms with van der Waals surface area (Å²) in [6.07, 6.45) is 3.41. The van der Waals surface area contributed by atoms with Gasteiger partial charge in [-0.1, -0.05) is 0 Å². The van der Waals surface area contributed by atoms with E-state index in [1.807, 2.05) is 29.2 Å². The van der Waals surface area contributed by atoms with Crippen LogP contribution in [0.3, 0.4) is 0 Å². The number of hydrogen-bond donors (Lipinski definition) is 1. The van der Waals surface area contributed by atoms with Crippen molar-refractivity contribution < 1.29 is 13.9 Å². The van der Waals surface area contributed by atoms with Crippen LogP contribution >= 0.6 is 0 Å². The van der Waals surface area contributed by atoms with Crippen LogP contribution in [0.2, 0.25) is 0 Å². The number of hydrogen-bond acceptors (Lipinski definition) is 5. The Morgan fingerprint density at radius 3 is 2.87 bits per heavy atom. The van der Waals surface area contributed by atoms with Gasteiger partial charge >= 0.3 is 0 Å². The number of carbonyl (C=O) groups is 1. The van der Waals surface area contributed by atoms with Crippen LogP contribution in [0.15, 0.2) is 35.1 Å². The van der Waals surface area contributed by atoms with E-state index in [9.17, 15) is 4.79 Å². The maximum atomic E-state index is 13.0. The van der Waals surface area contributed by atoms with Gasteiger partial charge in [0.1, 0.15) is 5.75 Å². The topological polar surface area (TPSA) is 81.6 Å². The van der Waals surface area contributed by atoms with E-state index in [2.05, 4.69) is 4.98 Å². The van der Waals surface area contributed by atoms with Crippen molar-refractivity contribution in [2.75, 3.05) is 13.7 Å². The van der Waals surface area contributed by atoms with E-state index in [1.54, 1.807) is 7.11 Å². The van der Waals surface area contributed by atoms with Gasteiger partial charge in [-0.3, -0.25) is 4.79 Å². The smallest absolute Gasteiger partial charge is 0.277 e. The fourth-order valence-electron chi connectivity index (χ4n) is 3.55. The first-order chi connectivity index (χ1) is 11.2. The van der Waals surface area contributed by atoms with Gasteiger partial charge in [0.2, 0.25) is 0 Å². The zero-order valence-corrected chi connectivity index (χ0v) is 12.9. The number of ether oxygens (including phenoxy) is 1. The third-order valence-corrected chi connectivity index (χ3v) is 4.84. The number of carbonyl (C=O) groups excluding carboxylic acids is 1. The summed E-state index contributed by atoms with van der Waals surface area (Å²) in [5.74, 6) is 1.79. The molecule has 1 aromatic carbocycles. The lowest BCUT2D eigenvalue weighted by molar-refractivity contribution is 0.0701. The molecule has 23 heavy (non-hydrogen) atoms. The molecule has 2 N–H and O–H groups in total. The predicted octanol–water partition coefficient (Wildman–Crippen LogP) is 1.91. The molecule has 1 aliphatic carbocycles. The Kier molecular flexibility index (Phi) is 3.34. The fraction of sp³-hybridized carbons (Fsp3) is 0.412. The standard InChI is InChI=1S/C17H19N3O3/c1-22-13-4-2-10(3-5-13)16-15(19-9-23-16)17(21)20-12(8-18)6-11-7-14(11)20/h2-5,9,11-12,14H,6-8,18H2,1H3/t11-,12+,14+/m1/s1. The molecule has 1 amide bonds. The van der Waals surface area contributed by atoms with Gasteiger partial charge in [-0.15, -0.1) is 0 Å². The lowest BCUT2D eigenvalue weighted by Crippen LogP contribution is -2.42. The van der Waals surface area contributed by atoms with Gasteiger partial charge in [0.15, 0.2) is 17.8 Å². The number of methoxy groups -OCH3 is 1. The minimum Gasteiger partial charge on any atom is -0.497 e. The van der Waals surface area contributed by atoms with Crippen LogP contribution in [-0.4, -0.2) is 41.5 Å². The van der Waals surface area contributed by atoms with Crippen molar-refractivity contribution in [1.82, 2.24) is 9.88 Å². The molecule has 6 nitrogen and oxygen atoms in total. The number of amides is 1. The highest BCUT2D eigenvalue weighted by atomic mass is 16.5. The van der Waals surface area contributed by atoms with Gasteiger partial charge in [0, 0.05) is 24.2 Å². The average molecular weight is 313 g/mol. The molecule has 6 heteroatoms. The second-order valence-electron chi connectivity index (χ2n) is 6.16. The Hall–Kier alpha value is -2.34. The molecule has 2 fully saturated rings. The molecule has 1 aromatic heterocycles. The molecular formula is C17H19N3O3. The Balaban J connectivity index is 1.65. The van der Waals surface area contributed by atoms with Crippen LogP contribution in [-0.2, 0) is 0 Å². The summed E-state index contributed by atoms with van der Waals surface area (Å²) in [7, 11) is 1.62. The maximum absolute atomic E-state index is 13.0. The van der Waals surface area contributed by atoms with Crippen molar-refractivity contribution >= 4 is 5.91 Å². The number of benzene rings is 1. The van der Waals surface area contributed by atoms with Crippen molar-refractivity contribution in [3.8, 4) is 17.1 Å². The van der Waals surface area contributed by atoms with Crippen LogP contribution < -0.4 is 10.5 Å². The molecule has 1 aliphatic heterocycles. The predicted molar refractivity (Wildman–Crippen MR) is 84.0 cm³/mol. The Morgan fingerprint density at radius 1 is 1.39 bits per heavy atom. The van der Waals surface area contributed by atoms with Crippen LogP contribution in [0, 0.1) is 5.92 Å². The molecule has 0 bridgehead atoms. The van der Waals surface area contributed by atoms with E-state index in [1.165, 1.54) is 6.39 Å². The van der Waals surface area contributed by atoms with Crippen molar-refractivity contribution in [3.05, 3.63) is 36.4 Å². The Labute approximate surface area is 134 Å². The minimum absolute atomic E-state index is 0.0787. The van der Waals surface area contributed by atoms with Gasteiger partial charge in [0.25, 0.3) is 5.91 Å². The SMILES string of the molecule is COc1ccc(-c2ocnc2C(=O)N2[C@H](CN)C[C@@H]3C[C@@H]32)cc1. The van der Waals surface area contributed by atoms with E-state index >= 15 is 0 Å². The van der Waals surface area contributed by atoms with Crippen molar-refractivity contribution in [3.63, 3.8) is 0 Å². The van der Waals surface area contributed by atoms with Crippen LogP contribution in [0.25, 0.3) is 11.3 Å². The molecule has 2 aliphatic rings. The number of fused-ring (bicyclic) bond motifs is 1. The highest BCUT2D eigenvalue weighted by Crippen LogP contribution is 2.48. The first kappa shape index (κ1) is 14.3. The second-order valence-corrected chi connectivity index (χ2v) is 6.16. The molecule has 1 saturated carbocycles. The van der Waals surface area contributed by atoms with Gasteiger partial charge in [-0.25, -0.2) is 4.98 Å². The Morgan fingerprint density at radius 2 is 2.17 bits per heavy atom. The molecule has 0 radical (unpaired) electrons. The molecule has 0 unspecified atom stereocenters. The number of nitrogens with two attached hydrogens (primary N) is 1. The maximum Gasteiger partial charge on any atom is 0.277 e. The highest BCUT2D eigenvalue weighted by Gasteiger charge is 2.54. The van der Waals surface area contributed by atoms with E-state index < -0.39 is 0 Å². The average Bonchev–Trinajstić information content (AvgIpc) is 3.03. The molecule has 3 atom stereocenters. The summed E-state index contributed by atoms with van der Waals surface area (Å²) >= 11 is 0. The van der Waals surface area contributed by atoms with E-state index in [0.29, 0.717) is 30.0 Å². The van der Waals surface area contributed by atoms with Gasteiger partial charge in [-0.05, 0) is 43.0 Å². The summed E-state index contributed by atoms with van der Waals surface area (Å²) in [6, 6.07) is 7.84. The molecule has 1 saturated heterocycles. The van der Waals surface area contributed by atoms with Crippen molar-refractivity contribution in [1.29, 1.82) is 0 Å². The highest BCUT2D eigenvalue weighted by molar-refractivity contribution is 5.98. The van der Waals surface area contributed by atoms with Gasteiger partial charge < -0.3 is 19.8 Å². The molecular weight excluding hydrogens is 294 g/mol. The van der Waals surface area contributed by atoms with Gasteiger partial charge in [0.05, 0.1) is 7.11 Å². The zero-order chi connectivity index (χ0) is 16.0. The number of oxazole rings is 1. The van der Waals surface area contributed by atoms with Crippen LogP contribution in [0.1, 0.15) is 23.3 Å². The number of likely N-dealkylation sites (tertiary alicyclic amines) is 1. The number of piperidine rings is 1. The molecule has 2 heterocycles. The first-order valence-corrected chi connectivity index (χ1v) is 7.83. The molecule has 2 aromatic rings. The normalized spacial score (nSPS) is 25.3. The number of rotatable bonds is 4. The third kappa shape index (κ3) is 2.30. The van der Waals surface area contributed by atoms with Gasteiger partial charge in [-0.2, -0.15) is 0 Å². The van der Waals surface area contributed by atoms with E-state index in [-0.39, 0.29) is 11.9 Å². The zero-order valence-electron chi connectivity index (χ0n) is 12.9. The molecule has 120 valence electrons. The second kappa shape index (κ2) is 5.38. The Bertz CT molecular complexity index is 725. The summed E-state index contributed by atoms with van der Waals surface area (Å²) < 4.78 is 10.7. The minimum atomic E-state index is -0.0787. The molecule has 0 spiro atoms. The van der Waals surface area contributed by atoms with Crippen LogP contribution in [0.5, 0.6) is 5.75 Å². The van der Waals surface area contributed by atoms with E-state index in [0.717, 1.165) is 24.2 Å². The monoisotopic (exact) mass is 313 g/mol. The van der Waals surface area contributed by atoms with Crippen LogP contribution in [0.4, 0.5) is 0 Å². The van der Waals surface area contributed by atoms with Crippen molar-refractivity contribution in [2.45, 2.75) is 24.9 Å². The lowest BCUT2D eigenvalue weighted by Gasteiger charge is -2.25. The third-order valence-electron chi connectivity index (χ3n) is 4.84. The van der Waals surface area contributed by atoms with Crippen molar-refractivity contribution in [2.24, 2.45) is 11.7 Å². The lowest BCUT2D eigenvalue weighted by atomic mass is 10.1. The summed E-state index contributed by atoms with van der Waals surface area (Å²) in [4.78, 5) is 19.0. The quantitative estimate of drug-likeness (QED) is 0.932. The number of aromatic nitrogens is 1. The molecule has 4 rings (SSSR count). The largest absolute Gasteiger partial charge is 0.497 e. The summed E-state index contributed by atoms with van der Waals surface area (Å²) in [6.45, 7) is 0.495. The first-order valence-electron chi connectivity index (χ1n) is 7.83. The summed E-state index contributed by atoms with van der Waals surface area (Å²) in [5, 5.41) is 0. The summed E-state index contributed by atoms with van der Waals surface area (Å²) in [5.41, 5.74) is 7.00.